The third-order valence-electron chi connectivity index (χ3n) is 9.08. The Bertz CT molecular complexity index is 887. The van der Waals surface area contributed by atoms with Gasteiger partial charge in [-0.25, -0.2) is 0 Å². The first-order valence-electron chi connectivity index (χ1n) is 19.5. The van der Waals surface area contributed by atoms with Gasteiger partial charge in [-0.05, 0) is 60.1 Å². The van der Waals surface area contributed by atoms with Gasteiger partial charge in [0.25, 0.3) is 0 Å². The van der Waals surface area contributed by atoms with Gasteiger partial charge in [0, 0.05) is 26.2 Å². The molecule has 0 amide bonds. The van der Waals surface area contributed by atoms with Crippen molar-refractivity contribution in [3.8, 4) is 11.1 Å². The van der Waals surface area contributed by atoms with Crippen molar-refractivity contribution in [3.05, 3.63) is 59.7 Å². The van der Waals surface area contributed by atoms with E-state index in [2.05, 4.69) is 86.0 Å². The second-order valence-corrected chi connectivity index (χ2v) is 13.5. The van der Waals surface area contributed by atoms with Gasteiger partial charge in [-0.15, -0.1) is 0 Å². The molecule has 0 saturated carbocycles. The van der Waals surface area contributed by atoms with Crippen LogP contribution in [0.1, 0.15) is 154 Å². The fraction of sp³-hybridized carbons (Fsp3) is 0.714. The molecule has 0 aliphatic carbocycles. The van der Waals surface area contributed by atoms with Gasteiger partial charge in [0.15, 0.2) is 0 Å². The molecule has 2 aromatic carbocycles. The van der Waals surface area contributed by atoms with E-state index in [0.29, 0.717) is 13.2 Å². The van der Waals surface area contributed by atoms with E-state index in [4.69, 9.17) is 9.47 Å². The molecule has 262 valence electrons. The van der Waals surface area contributed by atoms with Crippen LogP contribution in [-0.2, 0) is 22.7 Å². The summed E-state index contributed by atoms with van der Waals surface area (Å²) in [6, 6.07) is 17.8. The summed E-state index contributed by atoms with van der Waals surface area (Å²) < 4.78 is 12.6. The largest absolute Gasteiger partial charge is 0.361 e. The van der Waals surface area contributed by atoms with Crippen LogP contribution in [0.25, 0.3) is 11.1 Å². The van der Waals surface area contributed by atoms with Gasteiger partial charge in [0.1, 0.15) is 0 Å². The molecule has 0 fully saturated rings. The molecule has 46 heavy (non-hydrogen) atoms. The van der Waals surface area contributed by atoms with Gasteiger partial charge < -0.3 is 9.47 Å². The molecule has 4 nitrogen and oxygen atoms in total. The van der Waals surface area contributed by atoms with E-state index in [-0.39, 0.29) is 0 Å². The van der Waals surface area contributed by atoms with Crippen molar-refractivity contribution in [2.45, 2.75) is 156 Å². The fourth-order valence-corrected chi connectivity index (χ4v) is 6.15. The van der Waals surface area contributed by atoms with Crippen LogP contribution in [0.5, 0.6) is 0 Å². The average Bonchev–Trinajstić information content (AvgIpc) is 3.08. The van der Waals surface area contributed by atoms with Crippen molar-refractivity contribution in [1.82, 2.24) is 9.80 Å². The van der Waals surface area contributed by atoms with Crippen molar-refractivity contribution in [1.29, 1.82) is 0 Å². The van der Waals surface area contributed by atoms with E-state index in [1.807, 2.05) is 0 Å². The third kappa shape index (κ3) is 19.8. The molecule has 0 aliphatic heterocycles. The number of unbranched alkanes of at least 4 members (excludes halogenated alkanes) is 14. The molecular weight excluding hydrogens is 564 g/mol. The number of rotatable bonds is 31. The molecule has 0 bridgehead atoms. The van der Waals surface area contributed by atoms with Crippen LogP contribution in [0.15, 0.2) is 48.5 Å². The maximum Gasteiger partial charge on any atom is 0.0994 e. The van der Waals surface area contributed by atoms with Gasteiger partial charge in [-0.1, -0.05) is 154 Å². The van der Waals surface area contributed by atoms with Gasteiger partial charge in [-0.3, -0.25) is 9.80 Å². The van der Waals surface area contributed by atoms with Crippen molar-refractivity contribution in [3.63, 3.8) is 0 Å². The maximum atomic E-state index is 6.29. The number of benzene rings is 2. The fourth-order valence-electron chi connectivity index (χ4n) is 6.15. The molecule has 0 N–H and O–H groups in total. The minimum absolute atomic E-state index is 0.657. The van der Waals surface area contributed by atoms with Crippen LogP contribution >= 0.6 is 0 Å². The Balaban J connectivity index is 1.84. The van der Waals surface area contributed by atoms with E-state index in [1.165, 1.54) is 138 Å². The summed E-state index contributed by atoms with van der Waals surface area (Å²) in [6.07, 6.45) is 23.8. The molecular formula is C42H72N2O2. The Hall–Kier alpha value is -1.72. The summed E-state index contributed by atoms with van der Waals surface area (Å²) in [5.74, 6) is 0. The molecule has 4 heteroatoms. The average molecular weight is 637 g/mol. The summed E-state index contributed by atoms with van der Waals surface area (Å²) in [5.41, 5.74) is 4.98. The van der Waals surface area contributed by atoms with Gasteiger partial charge in [0.2, 0.25) is 0 Å². The minimum Gasteiger partial charge on any atom is -0.361 e. The number of nitrogens with zero attached hydrogens (tertiary/aromatic N) is 2. The molecule has 0 radical (unpaired) electrons. The predicted molar refractivity (Wildman–Crippen MR) is 200 cm³/mol. The lowest BCUT2D eigenvalue weighted by molar-refractivity contribution is 0.0168. The molecule has 0 unspecified atom stereocenters. The Morgan fingerprint density at radius 2 is 0.739 bits per heavy atom. The Labute approximate surface area is 285 Å². The zero-order chi connectivity index (χ0) is 32.9. The monoisotopic (exact) mass is 637 g/mol. The lowest BCUT2D eigenvalue weighted by atomic mass is 10.0. The lowest BCUT2D eigenvalue weighted by Gasteiger charge is -2.22. The third-order valence-corrected chi connectivity index (χ3v) is 9.08. The van der Waals surface area contributed by atoms with E-state index in [1.54, 1.807) is 0 Å². The van der Waals surface area contributed by atoms with E-state index in [0.717, 1.165) is 39.6 Å². The quantitative estimate of drug-likeness (QED) is 0.0607. The standard InChI is InChI=1S/C42H72N2O2/c1-5-9-13-15-17-21-31-43(29-19-11-7-3)37-45-35-39-25-23-27-41(33-39)42-28-24-26-40(34-42)36-46-38-44(30-20-12-8-4)32-22-18-16-14-10-6-2/h23-28,33-34H,5-22,29-32,35-38H2,1-4H3. The smallest absolute Gasteiger partial charge is 0.0994 e. The van der Waals surface area contributed by atoms with Crippen LogP contribution in [0, 0.1) is 0 Å². The van der Waals surface area contributed by atoms with Gasteiger partial charge in [0.05, 0.1) is 26.7 Å². The second kappa shape index (κ2) is 28.3. The summed E-state index contributed by atoms with van der Waals surface area (Å²) in [4.78, 5) is 5.06. The normalized spacial score (nSPS) is 11.7. The Kier molecular flexibility index (Phi) is 24.9. The highest BCUT2D eigenvalue weighted by atomic mass is 16.5. The van der Waals surface area contributed by atoms with Crippen molar-refractivity contribution in [2.24, 2.45) is 0 Å². The SMILES string of the molecule is CCCCCCCCN(CCCCC)COCc1cccc(-c2cccc(COCN(CCCCC)CCCCCCCC)c2)c1. The highest BCUT2D eigenvalue weighted by Crippen LogP contribution is 2.23. The van der Waals surface area contributed by atoms with Crippen molar-refractivity contribution >= 4 is 0 Å². The van der Waals surface area contributed by atoms with Crippen LogP contribution in [0.3, 0.4) is 0 Å². The number of hydrogen-bond donors (Lipinski definition) is 0. The first-order chi connectivity index (χ1) is 22.7. The molecule has 0 aliphatic rings. The predicted octanol–water partition coefficient (Wildman–Crippen LogP) is 12.0. The Morgan fingerprint density at radius 3 is 1.13 bits per heavy atom. The van der Waals surface area contributed by atoms with Crippen molar-refractivity contribution < 1.29 is 9.47 Å². The lowest BCUT2D eigenvalue weighted by Crippen LogP contribution is -2.28. The molecule has 2 aromatic rings. The van der Waals surface area contributed by atoms with Crippen molar-refractivity contribution in [2.75, 3.05) is 39.6 Å². The topological polar surface area (TPSA) is 24.9 Å². The molecule has 0 atom stereocenters. The first kappa shape index (κ1) is 40.5. The van der Waals surface area contributed by atoms with E-state index < -0.39 is 0 Å². The highest BCUT2D eigenvalue weighted by molar-refractivity contribution is 5.64. The molecule has 2 rings (SSSR count). The van der Waals surface area contributed by atoms with Crippen LogP contribution in [-0.4, -0.2) is 49.4 Å². The number of hydrogen-bond acceptors (Lipinski definition) is 4. The van der Waals surface area contributed by atoms with E-state index in [9.17, 15) is 0 Å². The zero-order valence-electron chi connectivity index (χ0n) is 30.7. The van der Waals surface area contributed by atoms with Gasteiger partial charge in [-0.2, -0.15) is 0 Å². The van der Waals surface area contributed by atoms with Crippen LogP contribution in [0.2, 0.25) is 0 Å². The zero-order valence-corrected chi connectivity index (χ0v) is 30.7. The summed E-state index contributed by atoms with van der Waals surface area (Å²) in [7, 11) is 0. The molecule has 0 spiro atoms. The molecule has 0 aromatic heterocycles. The summed E-state index contributed by atoms with van der Waals surface area (Å²) in [5, 5.41) is 0. The summed E-state index contributed by atoms with van der Waals surface area (Å²) >= 11 is 0. The minimum atomic E-state index is 0.657. The van der Waals surface area contributed by atoms with Gasteiger partial charge >= 0.3 is 0 Å². The molecule has 0 heterocycles. The first-order valence-corrected chi connectivity index (χ1v) is 19.5. The van der Waals surface area contributed by atoms with E-state index >= 15 is 0 Å². The maximum absolute atomic E-state index is 6.29. The molecule has 0 saturated heterocycles. The van der Waals surface area contributed by atoms with Crippen LogP contribution < -0.4 is 0 Å². The number of ether oxygens (including phenoxy) is 2. The Morgan fingerprint density at radius 1 is 0.413 bits per heavy atom. The summed E-state index contributed by atoms with van der Waals surface area (Å²) in [6.45, 7) is 16.5. The highest BCUT2D eigenvalue weighted by Gasteiger charge is 2.08. The second-order valence-electron chi connectivity index (χ2n) is 13.5. The van der Waals surface area contributed by atoms with Crippen LogP contribution in [0.4, 0.5) is 0 Å².